The lowest BCUT2D eigenvalue weighted by atomic mass is 10.1. The van der Waals surface area contributed by atoms with Crippen molar-refractivity contribution < 1.29 is 28.7 Å². The summed E-state index contributed by atoms with van der Waals surface area (Å²) in [6.07, 6.45) is 2.59. The molecule has 1 atom stereocenters. The molecule has 0 radical (unpaired) electrons. The molecule has 0 bridgehead atoms. The Morgan fingerprint density at radius 3 is 2.39 bits per heavy atom. The molecule has 1 aliphatic heterocycles. The fraction of sp³-hybridized carbons (Fsp3) is 0.250. The molecule has 1 aliphatic rings. The first-order chi connectivity index (χ1) is 15.9. The highest BCUT2D eigenvalue weighted by Gasteiger charge is 2.39. The molecule has 0 aliphatic carbocycles. The third kappa shape index (κ3) is 4.35. The number of imide groups is 1. The predicted molar refractivity (Wildman–Crippen MR) is 120 cm³/mol. The second-order valence-corrected chi connectivity index (χ2v) is 7.64. The van der Waals surface area contributed by atoms with E-state index in [0.717, 1.165) is 21.4 Å². The summed E-state index contributed by atoms with van der Waals surface area (Å²) >= 11 is 0. The molecule has 0 saturated carbocycles. The SMILES string of the molecule is COC(=O)c1cc(C(=O)OC)cc(N2C(=O)CC(NCCc3c[nH]c4ccccc34)C2=O)c1. The Hall–Kier alpha value is -3.98. The largest absolute Gasteiger partial charge is 0.465 e. The molecule has 2 amide bonds. The van der Waals surface area contributed by atoms with Gasteiger partial charge in [-0.3, -0.25) is 9.59 Å². The van der Waals surface area contributed by atoms with E-state index in [9.17, 15) is 19.2 Å². The highest BCUT2D eigenvalue weighted by Crippen LogP contribution is 2.26. The van der Waals surface area contributed by atoms with Gasteiger partial charge in [-0.25, -0.2) is 14.5 Å². The maximum Gasteiger partial charge on any atom is 0.337 e. The summed E-state index contributed by atoms with van der Waals surface area (Å²) < 4.78 is 9.44. The van der Waals surface area contributed by atoms with Gasteiger partial charge in [0.1, 0.15) is 0 Å². The highest BCUT2D eigenvalue weighted by atomic mass is 16.5. The average Bonchev–Trinajstić information content (AvgIpc) is 3.37. The van der Waals surface area contributed by atoms with Crippen LogP contribution in [0.4, 0.5) is 5.69 Å². The number of carbonyl (C=O) groups excluding carboxylic acids is 4. The van der Waals surface area contributed by atoms with Gasteiger partial charge in [-0.15, -0.1) is 0 Å². The maximum absolute atomic E-state index is 13.0. The zero-order valence-corrected chi connectivity index (χ0v) is 18.2. The Bertz CT molecular complexity index is 1210. The summed E-state index contributed by atoms with van der Waals surface area (Å²) in [4.78, 5) is 54.0. The minimum Gasteiger partial charge on any atom is -0.465 e. The second kappa shape index (κ2) is 9.25. The summed E-state index contributed by atoms with van der Waals surface area (Å²) in [5.74, 6) is -2.27. The number of esters is 2. The monoisotopic (exact) mass is 449 g/mol. The Kier molecular flexibility index (Phi) is 6.23. The van der Waals surface area contributed by atoms with Gasteiger partial charge in [0.2, 0.25) is 5.91 Å². The molecule has 2 N–H and O–H groups in total. The molecule has 3 aromatic rings. The number of ether oxygens (including phenoxy) is 2. The van der Waals surface area contributed by atoms with E-state index in [0.29, 0.717) is 13.0 Å². The number of aromatic amines is 1. The van der Waals surface area contributed by atoms with Crippen molar-refractivity contribution in [2.24, 2.45) is 0 Å². The molecule has 4 rings (SSSR count). The van der Waals surface area contributed by atoms with Crippen molar-refractivity contribution in [3.05, 3.63) is 65.4 Å². The Labute approximate surface area is 189 Å². The van der Waals surface area contributed by atoms with Gasteiger partial charge in [0.25, 0.3) is 5.91 Å². The lowest BCUT2D eigenvalue weighted by Crippen LogP contribution is -2.39. The van der Waals surface area contributed by atoms with Crippen LogP contribution in [-0.2, 0) is 25.5 Å². The molecule has 1 fully saturated rings. The van der Waals surface area contributed by atoms with E-state index in [1.165, 1.54) is 32.4 Å². The van der Waals surface area contributed by atoms with Crippen molar-refractivity contribution in [3.8, 4) is 0 Å². The van der Waals surface area contributed by atoms with Gasteiger partial charge in [0.15, 0.2) is 0 Å². The smallest absolute Gasteiger partial charge is 0.337 e. The molecule has 2 aromatic carbocycles. The van der Waals surface area contributed by atoms with E-state index >= 15 is 0 Å². The number of aromatic nitrogens is 1. The number of benzene rings is 2. The normalized spacial score (nSPS) is 15.8. The molecule has 1 aromatic heterocycles. The minimum absolute atomic E-state index is 0.0251. The third-order valence-electron chi connectivity index (χ3n) is 5.62. The van der Waals surface area contributed by atoms with E-state index in [1.54, 1.807) is 0 Å². The van der Waals surface area contributed by atoms with Gasteiger partial charge in [-0.05, 0) is 36.2 Å². The van der Waals surface area contributed by atoms with E-state index in [1.807, 2.05) is 30.5 Å². The molecule has 1 unspecified atom stereocenters. The number of amides is 2. The molecule has 0 spiro atoms. The molecule has 170 valence electrons. The van der Waals surface area contributed by atoms with Crippen LogP contribution < -0.4 is 10.2 Å². The number of nitrogens with zero attached hydrogens (tertiary/aromatic N) is 1. The van der Waals surface area contributed by atoms with Gasteiger partial charge in [-0.1, -0.05) is 18.2 Å². The first-order valence-electron chi connectivity index (χ1n) is 10.4. The molecular weight excluding hydrogens is 426 g/mol. The van der Waals surface area contributed by atoms with Crippen molar-refractivity contribution >= 4 is 40.3 Å². The van der Waals surface area contributed by atoms with Crippen LogP contribution in [0.15, 0.2) is 48.7 Å². The Morgan fingerprint density at radius 1 is 1.06 bits per heavy atom. The zero-order chi connectivity index (χ0) is 23.5. The summed E-state index contributed by atoms with van der Waals surface area (Å²) in [5, 5.41) is 4.27. The van der Waals surface area contributed by atoms with Crippen molar-refractivity contribution in [3.63, 3.8) is 0 Å². The summed E-state index contributed by atoms with van der Waals surface area (Å²) in [7, 11) is 2.40. The first-order valence-corrected chi connectivity index (χ1v) is 10.4. The number of H-pyrrole nitrogens is 1. The molecule has 9 heteroatoms. The lowest BCUT2D eigenvalue weighted by molar-refractivity contribution is -0.121. The van der Waals surface area contributed by atoms with Gasteiger partial charge in [0.05, 0.1) is 43.5 Å². The fourth-order valence-electron chi connectivity index (χ4n) is 3.99. The topological polar surface area (TPSA) is 118 Å². The van der Waals surface area contributed by atoms with E-state index in [2.05, 4.69) is 10.3 Å². The number of para-hydroxylation sites is 1. The fourth-order valence-corrected chi connectivity index (χ4v) is 3.99. The number of rotatable bonds is 7. The number of hydrogen-bond acceptors (Lipinski definition) is 7. The van der Waals surface area contributed by atoms with Gasteiger partial charge in [-0.2, -0.15) is 0 Å². The molecule has 2 heterocycles. The van der Waals surface area contributed by atoms with Crippen LogP contribution in [0, 0.1) is 0 Å². The molecular formula is C24H23N3O6. The maximum atomic E-state index is 13.0. The summed E-state index contributed by atoms with van der Waals surface area (Å²) in [6, 6.07) is 11.2. The zero-order valence-electron chi connectivity index (χ0n) is 18.2. The number of methoxy groups -OCH3 is 2. The van der Waals surface area contributed by atoms with Gasteiger partial charge in [0, 0.05) is 23.6 Å². The van der Waals surface area contributed by atoms with E-state index in [4.69, 9.17) is 9.47 Å². The number of fused-ring (bicyclic) bond motifs is 1. The third-order valence-corrected chi connectivity index (χ3v) is 5.62. The van der Waals surface area contributed by atoms with Crippen LogP contribution in [0.1, 0.15) is 32.7 Å². The average molecular weight is 449 g/mol. The van der Waals surface area contributed by atoms with Crippen molar-refractivity contribution in [1.29, 1.82) is 0 Å². The van der Waals surface area contributed by atoms with E-state index in [-0.39, 0.29) is 23.2 Å². The van der Waals surface area contributed by atoms with Crippen LogP contribution >= 0.6 is 0 Å². The van der Waals surface area contributed by atoms with Crippen LogP contribution in [0.2, 0.25) is 0 Å². The van der Waals surface area contributed by atoms with Crippen molar-refractivity contribution in [2.45, 2.75) is 18.9 Å². The number of hydrogen-bond donors (Lipinski definition) is 2. The standard InChI is InChI=1S/C24H23N3O6/c1-32-23(30)15-9-16(24(31)33-2)11-17(10-15)27-21(28)12-20(22(27)29)25-8-7-14-13-26-19-6-4-3-5-18(14)19/h3-6,9-11,13,20,25-26H,7-8,12H2,1-2H3. The second-order valence-electron chi connectivity index (χ2n) is 7.64. The van der Waals surface area contributed by atoms with Crippen molar-refractivity contribution in [2.75, 3.05) is 25.7 Å². The Morgan fingerprint density at radius 2 is 1.73 bits per heavy atom. The minimum atomic E-state index is -0.703. The van der Waals surface area contributed by atoms with Crippen molar-refractivity contribution in [1.82, 2.24) is 10.3 Å². The number of nitrogens with one attached hydrogen (secondary N) is 2. The quantitative estimate of drug-likeness (QED) is 0.419. The first kappa shape index (κ1) is 22.2. The predicted octanol–water partition coefficient (Wildman–Crippen LogP) is 2.21. The summed E-state index contributed by atoms with van der Waals surface area (Å²) in [6.45, 7) is 0.495. The van der Waals surface area contributed by atoms with Crippen LogP contribution in [0.3, 0.4) is 0 Å². The summed E-state index contributed by atoms with van der Waals surface area (Å²) in [5.41, 5.74) is 2.34. The van der Waals surface area contributed by atoms with Gasteiger partial charge < -0.3 is 19.8 Å². The van der Waals surface area contributed by atoms with Crippen LogP contribution in [0.25, 0.3) is 10.9 Å². The van der Waals surface area contributed by atoms with Crippen LogP contribution in [-0.4, -0.2) is 55.5 Å². The van der Waals surface area contributed by atoms with E-state index < -0.39 is 29.8 Å². The highest BCUT2D eigenvalue weighted by molar-refractivity contribution is 6.23. The Balaban J connectivity index is 1.50. The van der Waals surface area contributed by atoms with Crippen LogP contribution in [0.5, 0.6) is 0 Å². The number of carbonyl (C=O) groups is 4. The number of anilines is 1. The molecule has 33 heavy (non-hydrogen) atoms. The van der Waals surface area contributed by atoms with Gasteiger partial charge >= 0.3 is 11.9 Å². The molecule has 9 nitrogen and oxygen atoms in total. The molecule has 1 saturated heterocycles. The lowest BCUT2D eigenvalue weighted by Gasteiger charge is -2.17.